The molecule has 1 N–H and O–H groups in total. The van der Waals surface area contributed by atoms with Gasteiger partial charge < -0.3 is 5.32 Å². The third-order valence-electron chi connectivity index (χ3n) is 3.29. The van der Waals surface area contributed by atoms with E-state index in [2.05, 4.69) is 47.6 Å². The van der Waals surface area contributed by atoms with Crippen molar-refractivity contribution < 1.29 is 0 Å². The molecule has 0 amide bonds. The smallest absolute Gasteiger partial charge is 0.0797 e. The van der Waals surface area contributed by atoms with Crippen molar-refractivity contribution in [2.45, 2.75) is 25.7 Å². The van der Waals surface area contributed by atoms with Gasteiger partial charge in [0.2, 0.25) is 0 Å². The van der Waals surface area contributed by atoms with Crippen LogP contribution in [0.5, 0.6) is 0 Å². The van der Waals surface area contributed by atoms with Gasteiger partial charge in [0.05, 0.1) is 11.2 Å². The lowest BCUT2D eigenvalue weighted by Crippen LogP contribution is -2.17. The number of rotatable bonds is 6. The van der Waals surface area contributed by atoms with Crippen LogP contribution in [0.1, 0.15) is 28.5 Å². The Hall–Kier alpha value is -1.19. The number of hydrogen-bond donors (Lipinski definition) is 1. The van der Waals surface area contributed by atoms with E-state index < -0.39 is 0 Å². The van der Waals surface area contributed by atoms with Gasteiger partial charge in [-0.05, 0) is 38.3 Å². The van der Waals surface area contributed by atoms with Gasteiger partial charge in [-0.15, -0.1) is 11.3 Å². The molecular formula is C15H20N2S. The van der Waals surface area contributed by atoms with Crippen LogP contribution in [-0.2, 0) is 6.42 Å². The summed E-state index contributed by atoms with van der Waals surface area (Å²) in [6.07, 6.45) is 2.30. The topological polar surface area (TPSA) is 24.9 Å². The van der Waals surface area contributed by atoms with E-state index in [1.54, 1.807) is 11.3 Å². The first-order valence-electron chi connectivity index (χ1n) is 6.39. The molecule has 1 heterocycles. The second-order valence-corrected chi connectivity index (χ2v) is 5.50. The standard InChI is InChI=1S/C15H20N2S/c1-12-15(18-11-17-12)9-8-14(10-16-2)13-6-4-3-5-7-13/h3-7,11,14,16H,8-10H2,1-2H3. The van der Waals surface area contributed by atoms with E-state index in [9.17, 15) is 0 Å². The second-order valence-electron chi connectivity index (χ2n) is 4.56. The molecule has 0 aliphatic carbocycles. The molecule has 2 rings (SSSR count). The van der Waals surface area contributed by atoms with Gasteiger partial charge in [0, 0.05) is 11.4 Å². The van der Waals surface area contributed by atoms with Gasteiger partial charge in [0.25, 0.3) is 0 Å². The number of aryl methyl sites for hydroxylation is 2. The van der Waals surface area contributed by atoms with E-state index >= 15 is 0 Å². The summed E-state index contributed by atoms with van der Waals surface area (Å²) in [7, 11) is 2.02. The second kappa shape index (κ2) is 6.66. The van der Waals surface area contributed by atoms with Crippen molar-refractivity contribution in [1.29, 1.82) is 0 Å². The maximum Gasteiger partial charge on any atom is 0.0797 e. The Kier molecular flexibility index (Phi) is 4.90. The predicted molar refractivity (Wildman–Crippen MR) is 78.3 cm³/mol. The summed E-state index contributed by atoms with van der Waals surface area (Å²) in [5, 5.41) is 3.30. The van der Waals surface area contributed by atoms with Crippen LogP contribution in [0.4, 0.5) is 0 Å². The maximum absolute atomic E-state index is 4.32. The van der Waals surface area contributed by atoms with Gasteiger partial charge in [-0.3, -0.25) is 0 Å². The van der Waals surface area contributed by atoms with Gasteiger partial charge in [-0.1, -0.05) is 30.3 Å². The van der Waals surface area contributed by atoms with Crippen LogP contribution in [0, 0.1) is 6.92 Å². The van der Waals surface area contributed by atoms with Gasteiger partial charge in [0.15, 0.2) is 0 Å². The average molecular weight is 260 g/mol. The summed E-state index contributed by atoms with van der Waals surface area (Å²) in [6, 6.07) is 10.8. The Labute approximate surface area is 113 Å². The van der Waals surface area contributed by atoms with Gasteiger partial charge in [-0.2, -0.15) is 0 Å². The molecule has 0 fully saturated rings. The van der Waals surface area contributed by atoms with E-state index in [-0.39, 0.29) is 0 Å². The SMILES string of the molecule is CNCC(CCc1scnc1C)c1ccccc1. The molecule has 0 radical (unpaired) electrons. The third-order valence-corrected chi connectivity index (χ3v) is 4.28. The minimum atomic E-state index is 0.581. The molecule has 0 aliphatic heterocycles. The molecular weight excluding hydrogens is 240 g/mol. The normalized spacial score (nSPS) is 12.6. The first-order valence-corrected chi connectivity index (χ1v) is 7.27. The first kappa shape index (κ1) is 13.2. The van der Waals surface area contributed by atoms with Crippen LogP contribution in [0.2, 0.25) is 0 Å². The Morgan fingerprint density at radius 2 is 2.06 bits per heavy atom. The van der Waals surface area contributed by atoms with Crippen molar-refractivity contribution in [1.82, 2.24) is 10.3 Å². The Morgan fingerprint density at radius 1 is 1.28 bits per heavy atom. The summed E-state index contributed by atoms with van der Waals surface area (Å²) < 4.78 is 0. The minimum Gasteiger partial charge on any atom is -0.319 e. The first-order chi connectivity index (χ1) is 8.81. The number of nitrogens with zero attached hydrogens (tertiary/aromatic N) is 1. The molecule has 0 spiro atoms. The van der Waals surface area contributed by atoms with E-state index in [0.717, 1.165) is 13.0 Å². The highest BCUT2D eigenvalue weighted by molar-refractivity contribution is 7.09. The van der Waals surface area contributed by atoms with Crippen molar-refractivity contribution in [3.63, 3.8) is 0 Å². The van der Waals surface area contributed by atoms with Crippen molar-refractivity contribution in [2.75, 3.05) is 13.6 Å². The fraction of sp³-hybridized carbons (Fsp3) is 0.400. The summed E-state index contributed by atoms with van der Waals surface area (Å²) in [4.78, 5) is 5.74. The Morgan fingerprint density at radius 3 is 2.67 bits per heavy atom. The maximum atomic E-state index is 4.32. The number of benzene rings is 1. The van der Waals surface area contributed by atoms with Crippen molar-refractivity contribution >= 4 is 11.3 Å². The molecule has 2 aromatic rings. The molecule has 0 bridgehead atoms. The molecule has 0 saturated heterocycles. The number of nitrogens with one attached hydrogen (secondary N) is 1. The highest BCUT2D eigenvalue weighted by atomic mass is 32.1. The van der Waals surface area contributed by atoms with Crippen LogP contribution < -0.4 is 5.32 Å². The van der Waals surface area contributed by atoms with Crippen molar-refractivity contribution in [3.8, 4) is 0 Å². The molecule has 18 heavy (non-hydrogen) atoms. The fourth-order valence-corrected chi connectivity index (χ4v) is 3.03. The molecule has 0 aliphatic rings. The largest absolute Gasteiger partial charge is 0.319 e. The Bertz CT molecular complexity index is 464. The van der Waals surface area contributed by atoms with Crippen LogP contribution in [0.25, 0.3) is 0 Å². The van der Waals surface area contributed by atoms with Crippen LogP contribution in [0.3, 0.4) is 0 Å². The van der Waals surface area contributed by atoms with Crippen LogP contribution in [-0.4, -0.2) is 18.6 Å². The highest BCUT2D eigenvalue weighted by Crippen LogP contribution is 2.23. The molecule has 1 aromatic carbocycles. The molecule has 2 nitrogen and oxygen atoms in total. The zero-order valence-electron chi connectivity index (χ0n) is 11.0. The van der Waals surface area contributed by atoms with Crippen LogP contribution >= 0.6 is 11.3 Å². The lowest BCUT2D eigenvalue weighted by atomic mass is 9.93. The zero-order valence-corrected chi connectivity index (χ0v) is 11.8. The number of aromatic nitrogens is 1. The van der Waals surface area contributed by atoms with Gasteiger partial charge >= 0.3 is 0 Å². The van der Waals surface area contributed by atoms with E-state index in [1.807, 2.05) is 12.6 Å². The molecule has 3 heteroatoms. The Balaban J connectivity index is 2.01. The number of likely N-dealkylation sites (N-methyl/N-ethyl adjacent to an activating group) is 1. The zero-order chi connectivity index (χ0) is 12.8. The van der Waals surface area contributed by atoms with E-state index in [4.69, 9.17) is 0 Å². The minimum absolute atomic E-state index is 0.581. The monoisotopic (exact) mass is 260 g/mol. The fourth-order valence-electron chi connectivity index (χ4n) is 2.23. The van der Waals surface area contributed by atoms with E-state index in [0.29, 0.717) is 5.92 Å². The van der Waals surface area contributed by atoms with Gasteiger partial charge in [0.1, 0.15) is 0 Å². The number of thiazole rings is 1. The average Bonchev–Trinajstić information content (AvgIpc) is 2.81. The molecule has 96 valence electrons. The summed E-state index contributed by atoms with van der Waals surface area (Å²) in [5.41, 5.74) is 4.56. The molecule has 1 unspecified atom stereocenters. The predicted octanol–water partition coefficient (Wildman–Crippen LogP) is 3.39. The van der Waals surface area contributed by atoms with E-state index in [1.165, 1.54) is 22.6 Å². The molecule has 1 aromatic heterocycles. The van der Waals surface area contributed by atoms with Crippen molar-refractivity contribution in [2.24, 2.45) is 0 Å². The van der Waals surface area contributed by atoms with Crippen LogP contribution in [0.15, 0.2) is 35.8 Å². The molecule has 0 saturated carbocycles. The summed E-state index contributed by atoms with van der Waals surface area (Å²) in [6.45, 7) is 3.13. The lowest BCUT2D eigenvalue weighted by molar-refractivity contribution is 0.585. The van der Waals surface area contributed by atoms with Crippen molar-refractivity contribution in [3.05, 3.63) is 52.0 Å². The molecule has 1 atom stereocenters. The number of hydrogen-bond acceptors (Lipinski definition) is 3. The highest BCUT2D eigenvalue weighted by Gasteiger charge is 2.12. The lowest BCUT2D eigenvalue weighted by Gasteiger charge is -2.16. The van der Waals surface area contributed by atoms with Gasteiger partial charge in [-0.25, -0.2) is 4.98 Å². The third kappa shape index (κ3) is 3.40. The quantitative estimate of drug-likeness (QED) is 0.861. The summed E-state index contributed by atoms with van der Waals surface area (Å²) >= 11 is 1.77. The summed E-state index contributed by atoms with van der Waals surface area (Å²) in [5.74, 6) is 0.581.